The molecule has 24 N–H and O–H groups in total. The Morgan fingerprint density at radius 1 is 0.534 bits per heavy atom. The highest BCUT2D eigenvalue weighted by Gasteiger charge is 2.51. The zero-order valence-electron chi connectivity index (χ0n) is 33.3. The van der Waals surface area contributed by atoms with Gasteiger partial charge in [-0.3, -0.25) is 9.80 Å². The monoisotopic (exact) mass is 845 g/mol. The molecular weight excluding hydrogens is 772 g/mol. The molecule has 2 aliphatic carbocycles. The van der Waals surface area contributed by atoms with Crippen LogP contribution in [0.3, 0.4) is 0 Å². The van der Waals surface area contributed by atoms with Crippen LogP contribution in [-0.2, 0) is 28.4 Å². The number of nitrogens with zero attached hydrogens (tertiary/aromatic N) is 2. The predicted molar refractivity (Wildman–Crippen MR) is 204 cm³/mol. The zero-order valence-corrected chi connectivity index (χ0v) is 33.3. The minimum absolute atomic E-state index is 0.114. The highest BCUT2D eigenvalue weighted by Crippen LogP contribution is 2.30. The number of aliphatic hydroxyl groups is 8. The minimum Gasteiger partial charge on any atom is -0.389 e. The van der Waals surface area contributed by atoms with E-state index in [-0.39, 0.29) is 39.1 Å². The topological polar surface area (TPSA) is 432 Å². The van der Waals surface area contributed by atoms with E-state index in [0.29, 0.717) is 25.9 Å². The Hall–Kier alpha value is -0.960. The molecule has 2 saturated carbocycles. The van der Waals surface area contributed by atoms with E-state index < -0.39 is 135 Å². The van der Waals surface area contributed by atoms with Crippen LogP contribution in [0.5, 0.6) is 0 Å². The van der Waals surface area contributed by atoms with Crippen molar-refractivity contribution in [2.45, 2.75) is 160 Å². The van der Waals surface area contributed by atoms with E-state index in [4.69, 9.17) is 74.3 Å². The van der Waals surface area contributed by atoms with Gasteiger partial charge >= 0.3 is 0 Å². The van der Waals surface area contributed by atoms with Crippen LogP contribution in [0, 0.1) is 0 Å². The van der Waals surface area contributed by atoms with Gasteiger partial charge in [0.1, 0.15) is 73.5 Å². The first kappa shape index (κ1) is 49.7. The van der Waals surface area contributed by atoms with Gasteiger partial charge in [0, 0.05) is 50.3 Å². The summed E-state index contributed by atoms with van der Waals surface area (Å²) < 4.78 is 35.4. The Labute approximate surface area is 338 Å². The van der Waals surface area contributed by atoms with Crippen molar-refractivity contribution in [3.05, 3.63) is 0 Å². The molecule has 4 aliphatic rings. The van der Waals surface area contributed by atoms with Crippen molar-refractivity contribution < 1.29 is 69.3 Å². The fraction of sp³-hybridized carbons (Fsp3) is 1.00. The maximum absolute atomic E-state index is 11.0. The van der Waals surface area contributed by atoms with Gasteiger partial charge in [0.25, 0.3) is 0 Å². The molecular formula is C34H72N10O14. The molecule has 22 atom stereocenters. The SMILES string of the molecule is CN(CCCCN(C)C(O)COC1C(O)C(N)CC(N)C1OC1OC(CN)C(O)C(O)C1N)C(O)COC1C(O)C(N)CC(N)C1OC1OC(CN)C(O)C(O)C1N. The third-order valence-electron chi connectivity index (χ3n) is 11.8. The number of rotatable bonds is 19. The van der Waals surface area contributed by atoms with Crippen LogP contribution in [0.4, 0.5) is 0 Å². The fourth-order valence-electron chi connectivity index (χ4n) is 7.80. The standard InChI is InChI=1S/C34H72N10O14/c1-43(19(45)11-53-31-23(47)13(37)7-15(39)29(31)57-33-21(41)27(51)25(49)17(9-35)55-33)5-3-4-6-44(2)20(46)12-54-32-24(48)14(38)8-16(40)30(32)58-34-22(42)28(52)26(50)18(10-36)56-34/h13-34,45-52H,3-12,35-42H2,1-2H3. The van der Waals surface area contributed by atoms with E-state index in [1.54, 1.807) is 23.9 Å². The Morgan fingerprint density at radius 2 is 0.879 bits per heavy atom. The average Bonchev–Trinajstić information content (AvgIpc) is 3.19. The summed E-state index contributed by atoms with van der Waals surface area (Å²) in [4.78, 5) is 3.28. The second-order valence-corrected chi connectivity index (χ2v) is 16.2. The van der Waals surface area contributed by atoms with E-state index in [2.05, 4.69) is 0 Å². The number of aliphatic hydroxyl groups excluding tert-OH is 8. The van der Waals surface area contributed by atoms with Crippen LogP contribution >= 0.6 is 0 Å². The van der Waals surface area contributed by atoms with Crippen LogP contribution in [0.25, 0.3) is 0 Å². The van der Waals surface area contributed by atoms with Gasteiger partial charge in [0.2, 0.25) is 0 Å². The second kappa shape index (κ2) is 22.4. The molecule has 4 rings (SSSR count). The largest absolute Gasteiger partial charge is 0.389 e. The lowest BCUT2D eigenvalue weighted by molar-refractivity contribution is -0.292. The summed E-state index contributed by atoms with van der Waals surface area (Å²) in [5.41, 5.74) is 48.5. The van der Waals surface area contributed by atoms with Crippen LogP contribution in [0.1, 0.15) is 25.7 Å². The van der Waals surface area contributed by atoms with Crippen molar-refractivity contribution in [2.24, 2.45) is 45.9 Å². The first-order valence-electron chi connectivity index (χ1n) is 20.0. The third kappa shape index (κ3) is 11.9. The van der Waals surface area contributed by atoms with Crippen molar-refractivity contribution in [1.82, 2.24) is 9.80 Å². The number of hydrogen-bond donors (Lipinski definition) is 16. The maximum atomic E-state index is 11.0. The Balaban J connectivity index is 1.23. The summed E-state index contributed by atoms with van der Waals surface area (Å²) in [5.74, 6) is 0. The summed E-state index contributed by atoms with van der Waals surface area (Å²) >= 11 is 0. The van der Waals surface area contributed by atoms with E-state index in [1.807, 2.05) is 0 Å². The summed E-state index contributed by atoms with van der Waals surface area (Å²) in [5, 5.41) is 85.0. The third-order valence-corrected chi connectivity index (χ3v) is 11.8. The molecule has 0 bridgehead atoms. The molecule has 0 aromatic carbocycles. The summed E-state index contributed by atoms with van der Waals surface area (Å²) in [6.45, 7) is 0.116. The lowest BCUT2D eigenvalue weighted by Gasteiger charge is -2.47. The fourth-order valence-corrected chi connectivity index (χ4v) is 7.80. The van der Waals surface area contributed by atoms with E-state index in [9.17, 15) is 40.9 Å². The van der Waals surface area contributed by atoms with E-state index in [1.165, 1.54) is 0 Å². The lowest BCUT2D eigenvalue weighted by atomic mass is 9.84. The molecule has 0 amide bonds. The molecule has 4 fully saturated rings. The smallest absolute Gasteiger partial charge is 0.176 e. The molecule has 0 aromatic heterocycles. The normalized spacial score (nSPS) is 45.1. The van der Waals surface area contributed by atoms with Gasteiger partial charge in [-0.15, -0.1) is 0 Å². The molecule has 2 saturated heterocycles. The number of hydrogen-bond acceptors (Lipinski definition) is 24. The number of unbranched alkanes of at least 4 members (excludes halogenated alkanes) is 1. The van der Waals surface area contributed by atoms with Crippen molar-refractivity contribution in [1.29, 1.82) is 0 Å². The summed E-state index contributed by atoms with van der Waals surface area (Å²) in [6.07, 6.45) is -17.1. The predicted octanol–water partition coefficient (Wildman–Crippen LogP) is -9.89. The molecule has 0 radical (unpaired) electrons. The maximum Gasteiger partial charge on any atom is 0.176 e. The Bertz CT molecular complexity index is 1130. The summed E-state index contributed by atoms with van der Waals surface area (Å²) in [7, 11) is 3.37. The van der Waals surface area contributed by atoms with E-state index >= 15 is 0 Å². The quantitative estimate of drug-likeness (QED) is 0.0424. The van der Waals surface area contributed by atoms with Gasteiger partial charge in [0.15, 0.2) is 12.6 Å². The molecule has 2 aliphatic heterocycles. The van der Waals surface area contributed by atoms with Gasteiger partial charge in [-0.25, -0.2) is 0 Å². The molecule has 0 aromatic rings. The zero-order chi connectivity index (χ0) is 43.2. The summed E-state index contributed by atoms with van der Waals surface area (Å²) in [6, 6.07) is -5.26. The molecule has 22 unspecified atom stereocenters. The Morgan fingerprint density at radius 3 is 1.21 bits per heavy atom. The minimum atomic E-state index is -1.39. The molecule has 24 heteroatoms. The highest BCUT2D eigenvalue weighted by atomic mass is 16.7. The van der Waals surface area contributed by atoms with Crippen LogP contribution in [0.15, 0.2) is 0 Å². The van der Waals surface area contributed by atoms with Crippen LogP contribution < -0.4 is 45.9 Å². The molecule has 2 heterocycles. The van der Waals surface area contributed by atoms with Crippen molar-refractivity contribution in [3.8, 4) is 0 Å². The molecule has 0 spiro atoms. The first-order valence-corrected chi connectivity index (χ1v) is 20.0. The average molecular weight is 845 g/mol. The van der Waals surface area contributed by atoms with Gasteiger partial charge < -0.3 is 115 Å². The van der Waals surface area contributed by atoms with Crippen molar-refractivity contribution >= 4 is 0 Å². The van der Waals surface area contributed by atoms with Crippen LogP contribution in [-0.4, -0.2) is 239 Å². The van der Waals surface area contributed by atoms with Gasteiger partial charge in [-0.05, 0) is 39.8 Å². The van der Waals surface area contributed by atoms with Gasteiger partial charge in [-0.2, -0.15) is 0 Å². The molecule has 342 valence electrons. The number of nitrogens with two attached hydrogens (primary N) is 8. The van der Waals surface area contributed by atoms with Gasteiger partial charge in [0.05, 0.1) is 37.5 Å². The van der Waals surface area contributed by atoms with Crippen molar-refractivity contribution in [3.63, 3.8) is 0 Å². The second-order valence-electron chi connectivity index (χ2n) is 16.2. The molecule has 58 heavy (non-hydrogen) atoms. The lowest BCUT2D eigenvalue weighted by Crippen LogP contribution is -2.68. The van der Waals surface area contributed by atoms with Gasteiger partial charge in [-0.1, -0.05) is 0 Å². The van der Waals surface area contributed by atoms with E-state index in [0.717, 1.165) is 0 Å². The highest BCUT2D eigenvalue weighted by molar-refractivity contribution is 5.02. The number of ether oxygens (including phenoxy) is 6. The first-order chi connectivity index (χ1) is 27.3. The molecule has 24 nitrogen and oxygen atoms in total. The van der Waals surface area contributed by atoms with Crippen molar-refractivity contribution in [2.75, 3.05) is 53.5 Å². The Kier molecular flexibility index (Phi) is 19.2. The number of likely N-dealkylation sites (N-methyl/N-ethyl adjacent to an activating group) is 2. The van der Waals surface area contributed by atoms with Crippen LogP contribution in [0.2, 0.25) is 0 Å².